The van der Waals surface area contributed by atoms with E-state index in [9.17, 15) is 14.7 Å². The fraction of sp³-hybridized carbons (Fsp3) is 0.524. The maximum atomic E-state index is 12.1. The lowest BCUT2D eigenvalue weighted by molar-refractivity contribution is -0.143. The summed E-state index contributed by atoms with van der Waals surface area (Å²) >= 11 is 6.35. The van der Waals surface area contributed by atoms with Gasteiger partial charge in [-0.1, -0.05) is 18.6 Å². The van der Waals surface area contributed by atoms with Crippen molar-refractivity contribution in [2.45, 2.75) is 63.9 Å². The van der Waals surface area contributed by atoms with Crippen LogP contribution in [0.5, 0.6) is 5.75 Å². The number of methoxy groups -OCH3 is 1. The number of ether oxygens (including phenoxy) is 2. The van der Waals surface area contributed by atoms with Crippen molar-refractivity contribution in [2.24, 2.45) is 0 Å². The largest absolute Gasteiger partial charge is 0.507 e. The molecule has 0 amide bonds. The fourth-order valence-corrected chi connectivity index (χ4v) is 4.58. The van der Waals surface area contributed by atoms with Crippen LogP contribution in [0.25, 0.3) is 0 Å². The smallest absolute Gasteiger partial charge is 0.342 e. The normalized spacial score (nSPS) is 20.7. The third-order valence-electron chi connectivity index (χ3n) is 5.68. The summed E-state index contributed by atoms with van der Waals surface area (Å²) in [7, 11) is 1.33. The van der Waals surface area contributed by atoms with Crippen molar-refractivity contribution >= 4 is 23.5 Å². The van der Waals surface area contributed by atoms with Crippen molar-refractivity contribution in [3.05, 3.63) is 39.5 Å². The van der Waals surface area contributed by atoms with Gasteiger partial charge in [-0.15, -0.1) is 11.6 Å². The molecule has 0 bridgehead atoms. The van der Waals surface area contributed by atoms with Gasteiger partial charge in [-0.25, -0.2) is 4.79 Å². The average Bonchev–Trinajstić information content (AvgIpc) is 3.23. The summed E-state index contributed by atoms with van der Waals surface area (Å²) in [5, 5.41) is 10.9. The molecule has 1 unspecified atom stereocenters. The second-order valence-electron chi connectivity index (χ2n) is 7.48. The van der Waals surface area contributed by atoms with Crippen LogP contribution in [-0.2, 0) is 27.3 Å². The zero-order valence-electron chi connectivity index (χ0n) is 16.1. The number of phenolic OH excluding ortho intramolecular Hbond substituents is 1. The molecule has 0 aromatic heterocycles. The van der Waals surface area contributed by atoms with Gasteiger partial charge in [0, 0.05) is 17.0 Å². The number of phenols is 1. The van der Waals surface area contributed by atoms with Gasteiger partial charge in [0.1, 0.15) is 22.8 Å². The van der Waals surface area contributed by atoms with Gasteiger partial charge in [-0.3, -0.25) is 4.79 Å². The van der Waals surface area contributed by atoms with E-state index in [1.807, 2.05) is 13.8 Å². The molecule has 1 aliphatic carbocycles. The number of allylic oxidation sites excluding steroid dienone is 2. The summed E-state index contributed by atoms with van der Waals surface area (Å²) in [6, 6.07) is 0. The van der Waals surface area contributed by atoms with Crippen LogP contribution in [0.2, 0.25) is 0 Å². The molecule has 1 N–H and O–H groups in total. The maximum Gasteiger partial charge on any atom is 0.342 e. The SMILES string of the molecule is CCc1c(C)c2c(c(O)c1[C@H]1C=C(CC(C)(Cl)C(=O)OC)CC1)C(=O)OC2. The predicted octanol–water partition coefficient (Wildman–Crippen LogP) is 4.30. The van der Waals surface area contributed by atoms with Gasteiger partial charge in [0.05, 0.1) is 7.11 Å². The van der Waals surface area contributed by atoms with Gasteiger partial charge >= 0.3 is 11.9 Å². The number of benzene rings is 1. The van der Waals surface area contributed by atoms with Crippen LogP contribution in [0.3, 0.4) is 0 Å². The number of alkyl halides is 1. The zero-order valence-corrected chi connectivity index (χ0v) is 16.9. The van der Waals surface area contributed by atoms with E-state index in [0.29, 0.717) is 12.0 Å². The number of carbonyl (C=O) groups is 2. The Balaban J connectivity index is 1.99. The minimum Gasteiger partial charge on any atom is -0.507 e. The Morgan fingerprint density at radius 1 is 1.48 bits per heavy atom. The molecule has 2 aliphatic rings. The standard InChI is InChI=1S/C21H25ClO5/c1-5-14-11(2)15-10-27-19(24)17(15)18(23)16(14)13-7-6-12(8-13)9-21(3,22)20(25)26-4/h8,13,23H,5-7,9-10H2,1-4H3/t13-,21?/m1/s1. The molecular formula is C21H25ClO5. The highest BCUT2D eigenvalue weighted by Gasteiger charge is 2.37. The van der Waals surface area contributed by atoms with Gasteiger partial charge in [0.2, 0.25) is 0 Å². The molecule has 0 spiro atoms. The van der Waals surface area contributed by atoms with E-state index in [2.05, 4.69) is 6.08 Å². The Hall–Kier alpha value is -2.01. The lowest BCUT2D eigenvalue weighted by Crippen LogP contribution is -2.30. The van der Waals surface area contributed by atoms with Crippen LogP contribution in [0.1, 0.15) is 71.6 Å². The highest BCUT2D eigenvalue weighted by atomic mass is 35.5. The monoisotopic (exact) mass is 392 g/mol. The van der Waals surface area contributed by atoms with E-state index < -0.39 is 16.8 Å². The first-order chi connectivity index (χ1) is 12.7. The van der Waals surface area contributed by atoms with Crippen molar-refractivity contribution in [1.29, 1.82) is 0 Å². The third-order valence-corrected chi connectivity index (χ3v) is 5.97. The van der Waals surface area contributed by atoms with Crippen molar-refractivity contribution in [1.82, 2.24) is 0 Å². The van der Waals surface area contributed by atoms with Crippen molar-refractivity contribution < 1.29 is 24.2 Å². The molecule has 1 aromatic rings. The van der Waals surface area contributed by atoms with E-state index in [0.717, 1.165) is 47.1 Å². The van der Waals surface area contributed by atoms with E-state index in [1.54, 1.807) is 6.92 Å². The number of hydrogen-bond acceptors (Lipinski definition) is 5. The number of aromatic hydroxyl groups is 1. The van der Waals surface area contributed by atoms with Crippen LogP contribution < -0.4 is 0 Å². The van der Waals surface area contributed by atoms with Gasteiger partial charge in [-0.05, 0) is 50.7 Å². The van der Waals surface area contributed by atoms with E-state index in [4.69, 9.17) is 21.1 Å². The predicted molar refractivity (Wildman–Crippen MR) is 102 cm³/mol. The van der Waals surface area contributed by atoms with E-state index in [1.165, 1.54) is 7.11 Å². The van der Waals surface area contributed by atoms with E-state index in [-0.39, 0.29) is 18.3 Å². The van der Waals surface area contributed by atoms with Gasteiger partial charge in [0.15, 0.2) is 0 Å². The lowest BCUT2D eigenvalue weighted by atomic mass is 9.84. The topological polar surface area (TPSA) is 72.8 Å². The van der Waals surface area contributed by atoms with Gasteiger partial charge in [0.25, 0.3) is 0 Å². The molecule has 2 atom stereocenters. The molecule has 6 heteroatoms. The third kappa shape index (κ3) is 3.33. The molecule has 146 valence electrons. The first-order valence-corrected chi connectivity index (χ1v) is 9.60. The number of hydrogen-bond donors (Lipinski definition) is 1. The van der Waals surface area contributed by atoms with Crippen molar-refractivity contribution in [2.75, 3.05) is 7.11 Å². The number of halogens is 1. The summed E-state index contributed by atoms with van der Waals surface area (Å²) in [6.07, 6.45) is 4.81. The maximum absolute atomic E-state index is 12.1. The number of carbonyl (C=O) groups excluding carboxylic acids is 2. The van der Waals surface area contributed by atoms with Crippen molar-refractivity contribution in [3.8, 4) is 5.75 Å². The summed E-state index contributed by atoms with van der Waals surface area (Å²) in [5.74, 6) is -0.894. The Labute approximate surface area is 164 Å². The molecule has 1 heterocycles. The summed E-state index contributed by atoms with van der Waals surface area (Å²) in [4.78, 5) is 22.9. The Bertz CT molecular complexity index is 838. The average molecular weight is 393 g/mol. The first-order valence-electron chi connectivity index (χ1n) is 9.22. The first kappa shape index (κ1) is 19.7. The minimum atomic E-state index is -1.11. The molecule has 5 nitrogen and oxygen atoms in total. The molecule has 3 rings (SSSR count). The van der Waals surface area contributed by atoms with Crippen LogP contribution in [0.15, 0.2) is 11.6 Å². The minimum absolute atomic E-state index is 0.0162. The van der Waals surface area contributed by atoms with Crippen LogP contribution in [0.4, 0.5) is 0 Å². The van der Waals surface area contributed by atoms with Gasteiger partial charge in [-0.2, -0.15) is 0 Å². The summed E-state index contributed by atoms with van der Waals surface area (Å²) in [6.45, 7) is 5.90. The molecule has 0 saturated carbocycles. The molecule has 0 saturated heterocycles. The fourth-order valence-electron chi connectivity index (χ4n) is 4.34. The van der Waals surface area contributed by atoms with E-state index >= 15 is 0 Å². The Kier molecular flexibility index (Phi) is 5.26. The zero-order chi connectivity index (χ0) is 19.9. The molecule has 1 aliphatic heterocycles. The number of esters is 2. The van der Waals surface area contributed by atoms with Crippen molar-refractivity contribution in [3.63, 3.8) is 0 Å². The molecule has 1 aromatic carbocycles. The number of fused-ring (bicyclic) bond motifs is 1. The second kappa shape index (κ2) is 7.19. The van der Waals surface area contributed by atoms with Gasteiger partial charge < -0.3 is 14.6 Å². The second-order valence-corrected chi connectivity index (χ2v) is 8.32. The molecule has 0 fully saturated rings. The highest BCUT2D eigenvalue weighted by molar-refractivity contribution is 6.33. The van der Waals surface area contributed by atoms with Crippen LogP contribution in [0, 0.1) is 6.92 Å². The molecule has 27 heavy (non-hydrogen) atoms. The number of cyclic esters (lactones) is 1. The summed E-state index contributed by atoms with van der Waals surface area (Å²) < 4.78 is 9.93. The number of rotatable bonds is 5. The van der Waals surface area contributed by atoms with Crippen LogP contribution in [-0.4, -0.2) is 29.0 Å². The Morgan fingerprint density at radius 3 is 2.81 bits per heavy atom. The molecular weight excluding hydrogens is 368 g/mol. The Morgan fingerprint density at radius 2 is 2.19 bits per heavy atom. The summed E-state index contributed by atoms with van der Waals surface area (Å²) in [5.41, 5.74) is 5.04. The quantitative estimate of drug-likeness (QED) is 0.459. The molecule has 0 radical (unpaired) electrons. The highest BCUT2D eigenvalue weighted by Crippen LogP contribution is 2.46. The van der Waals surface area contributed by atoms with Crippen LogP contribution >= 0.6 is 11.6 Å². The lowest BCUT2D eigenvalue weighted by Gasteiger charge is -2.20.